The first-order chi connectivity index (χ1) is 12.7. The topological polar surface area (TPSA) is 30.3 Å². The highest BCUT2D eigenvalue weighted by Gasteiger charge is 2.30. The molecule has 2 heterocycles. The van der Waals surface area contributed by atoms with Gasteiger partial charge in [0.2, 0.25) is 0 Å². The standard InChI is InChI=1S/C22H24FN3/c23-19-6-4-17(5-7-19)8-12-25-13-9-20(10-14-25)26-15-11-21-18(16-24)2-1-3-22(21)26/h1-7,20H,8-15H2. The molecule has 2 aliphatic rings. The maximum absolute atomic E-state index is 13.0. The van der Waals surface area contributed by atoms with Gasteiger partial charge in [0.1, 0.15) is 5.82 Å². The molecule has 2 aromatic carbocycles. The highest BCUT2D eigenvalue weighted by Crippen LogP contribution is 2.34. The number of piperidine rings is 1. The average molecular weight is 349 g/mol. The van der Waals surface area contributed by atoms with Gasteiger partial charge in [0, 0.05) is 37.9 Å². The van der Waals surface area contributed by atoms with Gasteiger partial charge in [-0.3, -0.25) is 0 Å². The van der Waals surface area contributed by atoms with Gasteiger partial charge in [-0.25, -0.2) is 4.39 Å². The number of nitrogens with zero attached hydrogens (tertiary/aromatic N) is 3. The summed E-state index contributed by atoms with van der Waals surface area (Å²) in [4.78, 5) is 5.04. The molecule has 0 N–H and O–H groups in total. The maximum Gasteiger partial charge on any atom is 0.123 e. The van der Waals surface area contributed by atoms with Crippen molar-refractivity contribution >= 4 is 5.69 Å². The third-order valence-corrected chi connectivity index (χ3v) is 5.81. The van der Waals surface area contributed by atoms with Gasteiger partial charge < -0.3 is 9.80 Å². The first kappa shape index (κ1) is 17.1. The van der Waals surface area contributed by atoms with E-state index < -0.39 is 0 Å². The van der Waals surface area contributed by atoms with Gasteiger partial charge in [-0.2, -0.15) is 5.26 Å². The molecule has 0 spiro atoms. The molecule has 4 rings (SSSR count). The molecule has 26 heavy (non-hydrogen) atoms. The normalized spacial score (nSPS) is 17.9. The Hall–Kier alpha value is -2.38. The van der Waals surface area contributed by atoms with Gasteiger partial charge >= 0.3 is 0 Å². The van der Waals surface area contributed by atoms with E-state index >= 15 is 0 Å². The van der Waals surface area contributed by atoms with Crippen molar-refractivity contribution in [2.75, 3.05) is 31.1 Å². The molecule has 2 aromatic rings. The zero-order valence-corrected chi connectivity index (χ0v) is 15.0. The van der Waals surface area contributed by atoms with Crippen LogP contribution in [0, 0.1) is 17.1 Å². The molecule has 0 amide bonds. The minimum Gasteiger partial charge on any atom is -0.368 e. The summed E-state index contributed by atoms with van der Waals surface area (Å²) < 4.78 is 13.0. The van der Waals surface area contributed by atoms with Crippen LogP contribution >= 0.6 is 0 Å². The lowest BCUT2D eigenvalue weighted by Gasteiger charge is -2.38. The summed E-state index contributed by atoms with van der Waals surface area (Å²) in [6, 6.07) is 15.9. The van der Waals surface area contributed by atoms with Crippen molar-refractivity contribution < 1.29 is 4.39 Å². The molecule has 0 aromatic heterocycles. The van der Waals surface area contributed by atoms with Crippen LogP contribution in [0.15, 0.2) is 42.5 Å². The molecule has 0 bridgehead atoms. The minimum absolute atomic E-state index is 0.167. The van der Waals surface area contributed by atoms with Crippen LogP contribution in [0.1, 0.15) is 29.5 Å². The second-order valence-corrected chi connectivity index (χ2v) is 7.31. The van der Waals surface area contributed by atoms with E-state index in [-0.39, 0.29) is 5.82 Å². The first-order valence-electron chi connectivity index (χ1n) is 9.50. The third kappa shape index (κ3) is 3.45. The Morgan fingerprint density at radius 3 is 2.54 bits per heavy atom. The molecule has 134 valence electrons. The van der Waals surface area contributed by atoms with E-state index in [9.17, 15) is 9.65 Å². The van der Waals surface area contributed by atoms with Crippen LogP contribution in [0.4, 0.5) is 10.1 Å². The van der Waals surface area contributed by atoms with Gasteiger partial charge in [-0.15, -0.1) is 0 Å². The van der Waals surface area contributed by atoms with Gasteiger partial charge in [0.15, 0.2) is 0 Å². The quantitative estimate of drug-likeness (QED) is 0.842. The number of anilines is 1. The van der Waals surface area contributed by atoms with Crippen LogP contribution in [0.2, 0.25) is 0 Å². The van der Waals surface area contributed by atoms with Crippen molar-refractivity contribution in [3.05, 3.63) is 65.0 Å². The first-order valence-corrected chi connectivity index (χ1v) is 9.50. The Kier molecular flexibility index (Phi) is 4.90. The molecule has 0 unspecified atom stereocenters. The summed E-state index contributed by atoms with van der Waals surface area (Å²) in [7, 11) is 0. The van der Waals surface area contributed by atoms with Crippen LogP contribution in [-0.4, -0.2) is 37.1 Å². The van der Waals surface area contributed by atoms with Gasteiger partial charge in [-0.05, 0) is 61.1 Å². The predicted molar refractivity (Wildman–Crippen MR) is 102 cm³/mol. The summed E-state index contributed by atoms with van der Waals surface area (Å²) in [5, 5.41) is 9.31. The van der Waals surface area contributed by atoms with Crippen molar-refractivity contribution in [3.63, 3.8) is 0 Å². The largest absolute Gasteiger partial charge is 0.368 e. The molecule has 2 aliphatic heterocycles. The lowest BCUT2D eigenvalue weighted by molar-refractivity contribution is 0.212. The van der Waals surface area contributed by atoms with Crippen LogP contribution in [0.3, 0.4) is 0 Å². The van der Waals surface area contributed by atoms with Crippen molar-refractivity contribution in [2.45, 2.75) is 31.7 Å². The highest BCUT2D eigenvalue weighted by molar-refractivity contribution is 5.64. The van der Waals surface area contributed by atoms with E-state index in [4.69, 9.17) is 0 Å². The Labute approximate surface area is 154 Å². The third-order valence-electron chi connectivity index (χ3n) is 5.81. The number of fused-ring (bicyclic) bond motifs is 1. The van der Waals surface area contributed by atoms with E-state index in [1.54, 1.807) is 12.1 Å². The molecular weight excluding hydrogens is 325 g/mol. The molecule has 3 nitrogen and oxygen atoms in total. The lowest BCUT2D eigenvalue weighted by atomic mass is 10.0. The maximum atomic E-state index is 13.0. The number of benzene rings is 2. The average Bonchev–Trinajstić information content (AvgIpc) is 3.12. The Morgan fingerprint density at radius 1 is 1.04 bits per heavy atom. The Bertz CT molecular complexity index is 801. The summed E-state index contributed by atoms with van der Waals surface area (Å²) in [6.45, 7) is 4.28. The zero-order chi connectivity index (χ0) is 17.9. The Balaban J connectivity index is 1.32. The van der Waals surface area contributed by atoms with Gasteiger partial charge in [0.25, 0.3) is 0 Å². The Morgan fingerprint density at radius 2 is 1.81 bits per heavy atom. The molecule has 1 saturated heterocycles. The molecule has 0 saturated carbocycles. The molecular formula is C22H24FN3. The van der Waals surface area contributed by atoms with Crippen LogP contribution in [0.25, 0.3) is 0 Å². The smallest absolute Gasteiger partial charge is 0.123 e. The number of nitriles is 1. The fraction of sp³-hybridized carbons (Fsp3) is 0.409. The van der Waals surface area contributed by atoms with Crippen molar-refractivity contribution in [2.24, 2.45) is 0 Å². The SMILES string of the molecule is N#Cc1cccc2c1CCN2C1CCN(CCc2ccc(F)cc2)CC1. The zero-order valence-electron chi connectivity index (χ0n) is 15.0. The number of rotatable bonds is 4. The highest BCUT2D eigenvalue weighted by atomic mass is 19.1. The number of likely N-dealkylation sites (tertiary alicyclic amines) is 1. The number of hydrogen-bond donors (Lipinski definition) is 0. The summed E-state index contributed by atoms with van der Waals surface area (Å²) in [5.41, 5.74) is 4.54. The van der Waals surface area contributed by atoms with Crippen molar-refractivity contribution in [3.8, 4) is 6.07 Å². The lowest BCUT2D eigenvalue weighted by Crippen LogP contribution is -2.45. The van der Waals surface area contributed by atoms with Crippen molar-refractivity contribution in [1.82, 2.24) is 4.90 Å². The van der Waals surface area contributed by atoms with Crippen molar-refractivity contribution in [1.29, 1.82) is 5.26 Å². The molecule has 0 atom stereocenters. The summed E-state index contributed by atoms with van der Waals surface area (Å²) >= 11 is 0. The van der Waals surface area contributed by atoms with E-state index in [0.29, 0.717) is 6.04 Å². The van der Waals surface area contributed by atoms with Crippen LogP contribution in [-0.2, 0) is 12.8 Å². The fourth-order valence-corrected chi connectivity index (χ4v) is 4.34. The summed E-state index contributed by atoms with van der Waals surface area (Å²) in [6.07, 6.45) is 4.30. The van der Waals surface area contributed by atoms with E-state index in [1.807, 2.05) is 24.3 Å². The molecule has 0 aliphatic carbocycles. The fourth-order valence-electron chi connectivity index (χ4n) is 4.34. The molecule has 1 fully saturated rings. The number of halogens is 1. The second kappa shape index (κ2) is 7.47. The molecule has 4 heteroatoms. The predicted octanol–water partition coefficient (Wildman–Crippen LogP) is 3.77. The van der Waals surface area contributed by atoms with Crippen LogP contribution in [0.5, 0.6) is 0 Å². The monoisotopic (exact) mass is 349 g/mol. The molecule has 0 radical (unpaired) electrons. The van der Waals surface area contributed by atoms with Gasteiger partial charge in [0.05, 0.1) is 11.6 Å². The van der Waals surface area contributed by atoms with Crippen LogP contribution < -0.4 is 4.90 Å². The van der Waals surface area contributed by atoms with E-state index in [2.05, 4.69) is 21.9 Å². The minimum atomic E-state index is -0.167. The van der Waals surface area contributed by atoms with E-state index in [0.717, 1.165) is 44.6 Å². The van der Waals surface area contributed by atoms with Gasteiger partial charge in [-0.1, -0.05) is 18.2 Å². The second-order valence-electron chi connectivity index (χ2n) is 7.31. The van der Waals surface area contributed by atoms with E-state index in [1.165, 1.54) is 29.7 Å². The number of hydrogen-bond acceptors (Lipinski definition) is 3. The summed E-state index contributed by atoms with van der Waals surface area (Å²) in [5.74, 6) is -0.167.